The first-order valence-corrected chi connectivity index (χ1v) is 8.85. The first-order valence-electron chi connectivity index (χ1n) is 8.44. The Balaban J connectivity index is 1.36. The number of anilines is 1. The van der Waals surface area contributed by atoms with Crippen molar-refractivity contribution in [1.82, 2.24) is 14.9 Å². The van der Waals surface area contributed by atoms with Crippen LogP contribution in [0, 0.1) is 4.77 Å². The molecule has 3 aromatic rings. The van der Waals surface area contributed by atoms with Crippen LogP contribution < -0.4 is 20.1 Å². The molecule has 8 nitrogen and oxygen atoms in total. The molecule has 0 saturated heterocycles. The van der Waals surface area contributed by atoms with E-state index in [-0.39, 0.29) is 25.2 Å². The Morgan fingerprint density at radius 1 is 1.14 bits per heavy atom. The van der Waals surface area contributed by atoms with E-state index in [1.165, 1.54) is 0 Å². The number of imidazole rings is 1. The zero-order valence-corrected chi connectivity index (χ0v) is 15.4. The smallest absolute Gasteiger partial charge is 0.251 e. The van der Waals surface area contributed by atoms with Crippen molar-refractivity contribution in [3.8, 4) is 17.2 Å². The number of aromatic nitrogens is 2. The Labute approximate surface area is 165 Å². The van der Waals surface area contributed by atoms with Crippen LogP contribution >= 0.6 is 12.2 Å². The second-order valence-corrected chi connectivity index (χ2v) is 6.37. The first kappa shape index (κ1) is 17.8. The molecule has 2 aromatic carbocycles. The third-order valence-electron chi connectivity index (χ3n) is 4.10. The number of nitrogens with one attached hydrogen (secondary N) is 3. The second-order valence-electron chi connectivity index (χ2n) is 5.98. The molecule has 0 bridgehead atoms. The quantitative estimate of drug-likeness (QED) is 0.576. The monoisotopic (exact) mass is 396 g/mol. The average molecular weight is 396 g/mol. The predicted molar refractivity (Wildman–Crippen MR) is 104 cm³/mol. The molecule has 28 heavy (non-hydrogen) atoms. The van der Waals surface area contributed by atoms with Crippen molar-refractivity contribution in [2.75, 3.05) is 18.7 Å². The number of carbonyl (C=O) groups excluding carboxylic acids is 2. The molecule has 2 heterocycles. The van der Waals surface area contributed by atoms with Gasteiger partial charge in [-0.3, -0.25) is 14.2 Å². The molecule has 4 rings (SSSR count). The van der Waals surface area contributed by atoms with Gasteiger partial charge in [-0.1, -0.05) is 6.07 Å². The number of hydrogen-bond acceptors (Lipinski definition) is 5. The second kappa shape index (κ2) is 7.57. The molecule has 3 N–H and O–H groups in total. The van der Waals surface area contributed by atoms with E-state index in [9.17, 15) is 9.59 Å². The van der Waals surface area contributed by atoms with E-state index in [2.05, 4.69) is 15.6 Å². The Morgan fingerprint density at radius 2 is 2.00 bits per heavy atom. The summed E-state index contributed by atoms with van der Waals surface area (Å²) >= 11 is 5.20. The number of ether oxygens (including phenoxy) is 2. The van der Waals surface area contributed by atoms with Crippen LogP contribution in [-0.4, -0.2) is 34.7 Å². The third kappa shape index (κ3) is 3.74. The molecule has 0 unspecified atom stereocenters. The standard InChI is InChI=1S/C19H16N4O4S/c24-17(10-21-18(25)12-4-5-15-16(8-12)27-11-26-15)22-13-2-1-3-14(9-13)23-7-6-20-19(23)28/h1-9H,10-11H2,(H,20,28)(H,21,25)(H,22,24). The number of amides is 2. The predicted octanol–water partition coefficient (Wildman–Crippen LogP) is 2.63. The molecular formula is C19H16N4O4S. The first-order chi connectivity index (χ1) is 13.6. The Bertz CT molecular complexity index is 1110. The van der Waals surface area contributed by atoms with Crippen LogP contribution in [0.15, 0.2) is 54.9 Å². The summed E-state index contributed by atoms with van der Waals surface area (Å²) < 4.78 is 12.8. The molecular weight excluding hydrogens is 380 g/mol. The van der Waals surface area contributed by atoms with E-state index >= 15 is 0 Å². The van der Waals surface area contributed by atoms with Gasteiger partial charge >= 0.3 is 0 Å². The minimum absolute atomic E-state index is 0.135. The summed E-state index contributed by atoms with van der Waals surface area (Å²) in [4.78, 5) is 27.4. The van der Waals surface area contributed by atoms with Crippen LogP contribution in [0.3, 0.4) is 0 Å². The molecule has 1 aromatic heterocycles. The highest BCUT2D eigenvalue weighted by atomic mass is 32.1. The summed E-state index contributed by atoms with van der Waals surface area (Å²) in [6.07, 6.45) is 3.54. The van der Waals surface area contributed by atoms with Gasteiger partial charge in [-0.05, 0) is 48.6 Å². The van der Waals surface area contributed by atoms with E-state index in [0.717, 1.165) is 5.69 Å². The maximum atomic E-state index is 12.2. The van der Waals surface area contributed by atoms with Gasteiger partial charge in [-0.15, -0.1) is 0 Å². The lowest BCUT2D eigenvalue weighted by atomic mass is 10.2. The van der Waals surface area contributed by atoms with Gasteiger partial charge in [0.1, 0.15) is 0 Å². The van der Waals surface area contributed by atoms with Crippen LogP contribution in [0.4, 0.5) is 5.69 Å². The van der Waals surface area contributed by atoms with Gasteiger partial charge in [0.05, 0.1) is 6.54 Å². The van der Waals surface area contributed by atoms with Crippen LogP contribution in [0.1, 0.15) is 10.4 Å². The SMILES string of the molecule is O=C(CNC(=O)c1ccc2c(c1)OCO2)Nc1cccc(-n2cc[nH]c2=S)c1. The van der Waals surface area contributed by atoms with Crippen molar-refractivity contribution in [1.29, 1.82) is 0 Å². The number of H-pyrrole nitrogens is 1. The normalized spacial score (nSPS) is 11.9. The lowest BCUT2D eigenvalue weighted by molar-refractivity contribution is -0.115. The molecule has 0 saturated carbocycles. The van der Waals surface area contributed by atoms with Gasteiger partial charge in [0, 0.05) is 29.3 Å². The van der Waals surface area contributed by atoms with Crippen molar-refractivity contribution in [2.24, 2.45) is 0 Å². The summed E-state index contributed by atoms with van der Waals surface area (Å²) in [6, 6.07) is 12.1. The Hall–Kier alpha value is -3.59. The topological polar surface area (TPSA) is 97.4 Å². The summed E-state index contributed by atoms with van der Waals surface area (Å²) in [5.41, 5.74) is 1.80. The van der Waals surface area contributed by atoms with Crippen LogP contribution in [-0.2, 0) is 4.79 Å². The van der Waals surface area contributed by atoms with Gasteiger partial charge in [0.2, 0.25) is 12.7 Å². The zero-order chi connectivity index (χ0) is 19.5. The van der Waals surface area contributed by atoms with Crippen LogP contribution in [0.5, 0.6) is 11.5 Å². The lowest BCUT2D eigenvalue weighted by Crippen LogP contribution is -2.32. The Morgan fingerprint density at radius 3 is 2.82 bits per heavy atom. The van der Waals surface area contributed by atoms with Crippen LogP contribution in [0.25, 0.3) is 5.69 Å². The third-order valence-corrected chi connectivity index (χ3v) is 4.42. The maximum absolute atomic E-state index is 12.2. The fourth-order valence-corrected chi connectivity index (χ4v) is 3.00. The van der Waals surface area contributed by atoms with Crippen molar-refractivity contribution in [3.05, 3.63) is 65.2 Å². The van der Waals surface area contributed by atoms with E-state index in [1.54, 1.807) is 47.3 Å². The van der Waals surface area contributed by atoms with Gasteiger partial charge in [-0.2, -0.15) is 0 Å². The molecule has 142 valence electrons. The highest BCUT2D eigenvalue weighted by Gasteiger charge is 2.16. The summed E-state index contributed by atoms with van der Waals surface area (Å²) in [7, 11) is 0. The fourth-order valence-electron chi connectivity index (χ4n) is 2.76. The minimum atomic E-state index is -0.374. The summed E-state index contributed by atoms with van der Waals surface area (Å²) in [6.45, 7) is -0.0308. The minimum Gasteiger partial charge on any atom is -0.454 e. The molecule has 0 atom stereocenters. The number of hydrogen-bond donors (Lipinski definition) is 3. The molecule has 9 heteroatoms. The van der Waals surface area contributed by atoms with E-state index in [0.29, 0.717) is 27.5 Å². The van der Waals surface area contributed by atoms with Gasteiger partial charge in [0.15, 0.2) is 16.3 Å². The molecule has 1 aliphatic heterocycles. The molecule has 0 radical (unpaired) electrons. The zero-order valence-electron chi connectivity index (χ0n) is 14.6. The number of aromatic amines is 1. The molecule has 0 aliphatic carbocycles. The highest BCUT2D eigenvalue weighted by Crippen LogP contribution is 2.32. The number of fused-ring (bicyclic) bond motifs is 1. The lowest BCUT2D eigenvalue weighted by Gasteiger charge is -2.09. The molecule has 1 aliphatic rings. The number of benzene rings is 2. The molecule has 0 fully saturated rings. The Kier molecular flexibility index (Phi) is 4.81. The van der Waals surface area contributed by atoms with Gasteiger partial charge in [0.25, 0.3) is 5.91 Å². The van der Waals surface area contributed by atoms with Crippen molar-refractivity contribution >= 4 is 29.7 Å². The van der Waals surface area contributed by atoms with Gasteiger partial charge < -0.3 is 25.1 Å². The average Bonchev–Trinajstić information content (AvgIpc) is 3.34. The fraction of sp³-hybridized carbons (Fsp3) is 0.105. The molecule has 2 amide bonds. The summed E-state index contributed by atoms with van der Waals surface area (Å²) in [5, 5.41) is 5.34. The number of rotatable bonds is 5. The van der Waals surface area contributed by atoms with Crippen molar-refractivity contribution in [3.63, 3.8) is 0 Å². The number of carbonyl (C=O) groups is 2. The summed E-state index contributed by atoms with van der Waals surface area (Å²) in [5.74, 6) is 0.388. The largest absolute Gasteiger partial charge is 0.454 e. The van der Waals surface area contributed by atoms with Crippen LogP contribution in [0.2, 0.25) is 0 Å². The van der Waals surface area contributed by atoms with Gasteiger partial charge in [-0.25, -0.2) is 0 Å². The molecule has 0 spiro atoms. The highest BCUT2D eigenvalue weighted by molar-refractivity contribution is 7.71. The van der Waals surface area contributed by atoms with E-state index < -0.39 is 0 Å². The van der Waals surface area contributed by atoms with Crippen molar-refractivity contribution in [2.45, 2.75) is 0 Å². The van der Waals surface area contributed by atoms with E-state index in [4.69, 9.17) is 21.7 Å². The van der Waals surface area contributed by atoms with Crippen molar-refractivity contribution < 1.29 is 19.1 Å². The number of nitrogens with zero attached hydrogens (tertiary/aromatic N) is 1. The van der Waals surface area contributed by atoms with E-state index in [1.807, 2.05) is 12.1 Å². The maximum Gasteiger partial charge on any atom is 0.251 e.